The molecule has 3 aromatic heterocycles. The van der Waals surface area contributed by atoms with E-state index >= 15 is 0 Å². The van der Waals surface area contributed by atoms with E-state index in [0.717, 1.165) is 32.6 Å². The number of nitro benzene ring substituents is 1. The number of carbonyl (C=O) groups excluding carboxylic acids is 1. The number of rotatable bonds is 10. The molecule has 0 saturated heterocycles. The lowest BCUT2D eigenvalue weighted by Gasteiger charge is -2.14. The van der Waals surface area contributed by atoms with Crippen LogP contribution in [0.1, 0.15) is 11.1 Å². The molecule has 16 heteroatoms. The molecule has 0 fully saturated rings. The van der Waals surface area contributed by atoms with E-state index in [-0.39, 0.29) is 34.1 Å². The number of halogens is 2. The van der Waals surface area contributed by atoms with Crippen molar-refractivity contribution in [3.05, 3.63) is 108 Å². The lowest BCUT2D eigenvalue weighted by molar-refractivity contribution is -0.384. The number of nitrogens with zero attached hydrogens (tertiary/aromatic N) is 6. The van der Waals surface area contributed by atoms with Gasteiger partial charge >= 0.3 is 11.7 Å². The number of thiophene rings is 1. The van der Waals surface area contributed by atoms with Crippen molar-refractivity contribution in [3.8, 4) is 22.1 Å². The first-order valence-electron chi connectivity index (χ1n) is 13.2. The average molecular weight is 639 g/mol. The van der Waals surface area contributed by atoms with Crippen LogP contribution in [0.25, 0.3) is 26.5 Å². The van der Waals surface area contributed by atoms with E-state index in [0.29, 0.717) is 16.0 Å². The summed E-state index contributed by atoms with van der Waals surface area (Å²) in [6, 6.07) is 11.6. The highest BCUT2D eigenvalue weighted by molar-refractivity contribution is 7.22. The van der Waals surface area contributed by atoms with Crippen LogP contribution in [-0.2, 0) is 22.6 Å². The van der Waals surface area contributed by atoms with Gasteiger partial charge in [-0.05, 0) is 55.6 Å². The highest BCUT2D eigenvalue weighted by Crippen LogP contribution is 2.38. The molecule has 2 aromatic carbocycles. The second-order valence-electron chi connectivity index (χ2n) is 9.94. The van der Waals surface area contributed by atoms with Gasteiger partial charge in [0.25, 0.3) is 11.2 Å². The Morgan fingerprint density at radius 3 is 2.29 bits per heavy atom. The lowest BCUT2D eigenvalue weighted by atomic mass is 10.1. The third-order valence-corrected chi connectivity index (χ3v) is 7.99. The molecule has 0 aliphatic carbocycles. The van der Waals surface area contributed by atoms with Crippen molar-refractivity contribution >= 4 is 33.2 Å². The number of nitro groups is 1. The fourth-order valence-electron chi connectivity index (χ4n) is 4.59. The number of fused-ring (bicyclic) bond motifs is 1. The van der Waals surface area contributed by atoms with Gasteiger partial charge in [-0.15, -0.1) is 21.5 Å². The van der Waals surface area contributed by atoms with Gasteiger partial charge < -0.3 is 14.4 Å². The predicted octanol–water partition coefficient (Wildman–Crippen LogP) is 3.52. The summed E-state index contributed by atoms with van der Waals surface area (Å²) in [4.78, 5) is 52.8. The molecule has 0 atom stereocenters. The van der Waals surface area contributed by atoms with E-state index < -0.39 is 52.5 Å². The van der Waals surface area contributed by atoms with Crippen LogP contribution in [-0.4, -0.2) is 62.9 Å². The molecule has 0 unspecified atom stereocenters. The molecule has 45 heavy (non-hydrogen) atoms. The summed E-state index contributed by atoms with van der Waals surface area (Å²) in [6.45, 7) is -0.811. The van der Waals surface area contributed by atoms with Gasteiger partial charge in [0.2, 0.25) is 5.88 Å². The minimum absolute atomic E-state index is 0.0867. The number of ether oxygens (including phenoxy) is 2. The fourth-order valence-corrected chi connectivity index (χ4v) is 5.89. The molecular weight excluding hydrogens is 614 g/mol. The number of hydrogen-bond acceptors (Lipinski definition) is 11. The summed E-state index contributed by atoms with van der Waals surface area (Å²) in [5.41, 5.74) is -1.22. The molecule has 0 spiro atoms. The Morgan fingerprint density at radius 1 is 1.02 bits per heavy atom. The van der Waals surface area contributed by atoms with Gasteiger partial charge in [-0.25, -0.2) is 22.9 Å². The van der Waals surface area contributed by atoms with Gasteiger partial charge in [-0.1, -0.05) is 6.07 Å². The second-order valence-corrected chi connectivity index (χ2v) is 10.9. The summed E-state index contributed by atoms with van der Waals surface area (Å²) in [7, 11) is 4.72. The van der Waals surface area contributed by atoms with Crippen LogP contribution < -0.4 is 16.0 Å². The monoisotopic (exact) mass is 638 g/mol. The van der Waals surface area contributed by atoms with Gasteiger partial charge in [0.05, 0.1) is 24.0 Å². The highest BCUT2D eigenvalue weighted by Gasteiger charge is 2.26. The zero-order valence-corrected chi connectivity index (χ0v) is 24.8. The minimum atomic E-state index is -0.944. The maximum absolute atomic E-state index is 14.8. The topological polar surface area (TPSA) is 152 Å². The van der Waals surface area contributed by atoms with E-state index in [2.05, 4.69) is 14.9 Å². The van der Waals surface area contributed by atoms with Crippen LogP contribution in [0.4, 0.5) is 14.5 Å². The van der Waals surface area contributed by atoms with Gasteiger partial charge in [0.1, 0.15) is 16.5 Å². The lowest BCUT2D eigenvalue weighted by Crippen LogP contribution is -2.39. The molecule has 0 aliphatic heterocycles. The van der Waals surface area contributed by atoms with Crippen LogP contribution in [0.5, 0.6) is 5.88 Å². The third kappa shape index (κ3) is 6.18. The quantitative estimate of drug-likeness (QED) is 0.126. The Labute approximate surface area is 256 Å². The van der Waals surface area contributed by atoms with Gasteiger partial charge in [-0.3, -0.25) is 19.5 Å². The Hall–Kier alpha value is -5.35. The smallest absolute Gasteiger partial charge is 0.343 e. The molecule has 13 nitrogen and oxygen atoms in total. The second kappa shape index (κ2) is 12.7. The van der Waals surface area contributed by atoms with E-state index in [9.17, 15) is 33.3 Å². The summed E-state index contributed by atoms with van der Waals surface area (Å²) in [5, 5.41) is 19.1. The number of hydrogen-bond donors (Lipinski definition) is 0. The summed E-state index contributed by atoms with van der Waals surface area (Å²) >= 11 is 1.05. The SMILES string of the molecule is COC(=O)COc1ccc(-n2c(=O)c3c(CN(C)C)c(-c4ccc([N+](=O)[O-])cc4)sc3n(Cc3c(F)cccc3F)c2=O)nn1. The van der Waals surface area contributed by atoms with Crippen molar-refractivity contribution in [2.45, 2.75) is 13.1 Å². The molecule has 232 valence electrons. The average Bonchev–Trinajstić information content (AvgIpc) is 3.38. The number of aromatic nitrogens is 4. The summed E-state index contributed by atoms with van der Waals surface area (Å²) < 4.78 is 41.2. The van der Waals surface area contributed by atoms with Gasteiger partial charge in [0, 0.05) is 35.2 Å². The Kier molecular flexibility index (Phi) is 8.78. The maximum Gasteiger partial charge on any atom is 0.343 e. The number of non-ortho nitro benzene ring substituents is 1. The van der Waals surface area contributed by atoms with E-state index in [1.165, 1.54) is 49.6 Å². The van der Waals surface area contributed by atoms with Crippen LogP contribution in [0.2, 0.25) is 0 Å². The molecule has 0 radical (unpaired) electrons. The molecule has 5 aromatic rings. The number of carbonyl (C=O) groups is 1. The normalized spacial score (nSPS) is 11.2. The Bertz CT molecular complexity index is 2020. The van der Waals surface area contributed by atoms with Crippen molar-refractivity contribution in [2.24, 2.45) is 0 Å². The highest BCUT2D eigenvalue weighted by atomic mass is 32.1. The fraction of sp³-hybridized carbons (Fsp3) is 0.207. The van der Waals surface area contributed by atoms with Crippen molar-refractivity contribution in [3.63, 3.8) is 0 Å². The zero-order chi connectivity index (χ0) is 32.4. The first kappa shape index (κ1) is 31.1. The van der Waals surface area contributed by atoms with Crippen LogP contribution in [0.3, 0.4) is 0 Å². The Balaban J connectivity index is 1.78. The molecule has 5 rings (SSSR count). The van der Waals surface area contributed by atoms with Crippen LogP contribution in [0.15, 0.2) is 64.2 Å². The standard InChI is InChI=1S/C29H24F2N6O7S/c1-34(2)13-19-25-27(39)36(22-11-12-23(33-32-22)44-15-24(38)43-3)29(40)35(14-18-20(30)5-4-6-21(18)31)28(25)45-26(19)16-7-9-17(10-8-16)37(41)42/h4-12H,13-15H2,1-3H3. The van der Waals surface area contributed by atoms with Crippen molar-refractivity contribution in [1.82, 2.24) is 24.2 Å². The molecule has 0 saturated carbocycles. The van der Waals surface area contributed by atoms with Gasteiger partial charge in [-0.2, -0.15) is 0 Å². The Morgan fingerprint density at radius 2 is 1.71 bits per heavy atom. The van der Waals surface area contributed by atoms with E-state index in [1.54, 1.807) is 19.0 Å². The zero-order valence-electron chi connectivity index (χ0n) is 24.0. The predicted molar refractivity (Wildman–Crippen MR) is 160 cm³/mol. The largest absolute Gasteiger partial charge is 0.466 e. The summed E-state index contributed by atoms with van der Waals surface area (Å²) in [5.74, 6) is -2.74. The van der Waals surface area contributed by atoms with E-state index in [1.807, 2.05) is 0 Å². The van der Waals surface area contributed by atoms with Gasteiger partial charge in [0.15, 0.2) is 12.4 Å². The maximum atomic E-state index is 14.8. The molecule has 0 bridgehead atoms. The molecular formula is C29H24F2N6O7S. The molecule has 0 aliphatic rings. The van der Waals surface area contributed by atoms with Crippen LogP contribution in [0, 0.1) is 21.7 Å². The molecule has 3 heterocycles. The van der Waals surface area contributed by atoms with Crippen molar-refractivity contribution in [2.75, 3.05) is 27.8 Å². The number of methoxy groups -OCH3 is 1. The third-order valence-electron chi connectivity index (χ3n) is 6.69. The molecule has 0 amide bonds. The minimum Gasteiger partial charge on any atom is -0.466 e. The van der Waals surface area contributed by atoms with Crippen molar-refractivity contribution < 1.29 is 28.0 Å². The summed E-state index contributed by atoms with van der Waals surface area (Å²) in [6.07, 6.45) is 0. The number of esters is 1. The van der Waals surface area contributed by atoms with E-state index in [4.69, 9.17) is 4.74 Å². The van der Waals surface area contributed by atoms with Crippen molar-refractivity contribution in [1.29, 1.82) is 0 Å². The van der Waals surface area contributed by atoms with Crippen LogP contribution >= 0.6 is 11.3 Å². The first-order chi connectivity index (χ1) is 21.5. The number of benzene rings is 2. The first-order valence-corrected chi connectivity index (χ1v) is 14.0. The molecule has 0 N–H and O–H groups in total.